The van der Waals surface area contributed by atoms with Gasteiger partial charge in [-0.2, -0.15) is 5.26 Å². The third kappa shape index (κ3) is 2.50. The summed E-state index contributed by atoms with van der Waals surface area (Å²) in [5.41, 5.74) is 0.819. The molecule has 0 spiro atoms. The van der Waals surface area contributed by atoms with E-state index in [1.807, 2.05) is 13.0 Å². The molecule has 0 aromatic carbocycles. The number of carbonyl (C=O) groups excluding carboxylic acids is 1. The third-order valence-electron chi connectivity index (χ3n) is 1.76. The van der Waals surface area contributed by atoms with Gasteiger partial charge in [-0.3, -0.25) is 4.79 Å². The van der Waals surface area contributed by atoms with Crippen molar-refractivity contribution in [1.29, 1.82) is 5.26 Å². The summed E-state index contributed by atoms with van der Waals surface area (Å²) < 4.78 is 3.74. The van der Waals surface area contributed by atoms with Crippen LogP contribution >= 0.6 is 11.5 Å². The Morgan fingerprint density at radius 3 is 3.00 bits per heavy atom. The number of nitrogens with zero attached hydrogens (tertiary/aromatic N) is 3. The maximum atomic E-state index is 11.2. The Bertz CT molecular complexity index is 368. The highest BCUT2D eigenvalue weighted by atomic mass is 32.1. The summed E-state index contributed by atoms with van der Waals surface area (Å²) in [5, 5.41) is 14.9. The molecule has 0 aliphatic heterocycles. The third-order valence-corrected chi connectivity index (χ3v) is 2.58. The van der Waals surface area contributed by atoms with Crippen molar-refractivity contribution in [1.82, 2.24) is 14.9 Å². The van der Waals surface area contributed by atoms with Crippen molar-refractivity contribution in [3.63, 3.8) is 0 Å². The molecular formula is C8H10N4OS. The first-order chi connectivity index (χ1) is 6.65. The zero-order valence-corrected chi connectivity index (χ0v) is 8.76. The van der Waals surface area contributed by atoms with Gasteiger partial charge in [-0.15, -0.1) is 5.10 Å². The number of hydrogen-bond donors (Lipinski definition) is 1. The minimum absolute atomic E-state index is 0.264. The van der Waals surface area contributed by atoms with Crippen LogP contribution in [-0.4, -0.2) is 15.5 Å². The zero-order valence-electron chi connectivity index (χ0n) is 7.94. The first kappa shape index (κ1) is 10.6. The quantitative estimate of drug-likeness (QED) is 0.793. The van der Waals surface area contributed by atoms with Gasteiger partial charge >= 0.3 is 0 Å². The minimum Gasteiger partial charge on any atom is -0.350 e. The lowest BCUT2D eigenvalue weighted by Crippen LogP contribution is -2.27. The predicted octanol–water partition coefficient (Wildman–Crippen LogP) is 0.622. The van der Waals surface area contributed by atoms with Crippen LogP contribution in [0.2, 0.25) is 0 Å². The van der Waals surface area contributed by atoms with Gasteiger partial charge in [0.15, 0.2) is 0 Å². The van der Waals surface area contributed by atoms with Crippen LogP contribution < -0.4 is 5.32 Å². The smallest absolute Gasteiger partial charge is 0.237 e. The molecule has 0 fully saturated rings. The lowest BCUT2D eigenvalue weighted by Gasteiger charge is -2.03. The lowest BCUT2D eigenvalue weighted by molar-refractivity contribution is -0.123. The summed E-state index contributed by atoms with van der Waals surface area (Å²) in [7, 11) is 0. The summed E-state index contributed by atoms with van der Waals surface area (Å²) in [4.78, 5) is 12.1. The average molecular weight is 210 g/mol. The van der Waals surface area contributed by atoms with Gasteiger partial charge in [0.05, 0.1) is 23.2 Å². The number of rotatable bonds is 3. The number of aromatic nitrogens is 2. The standard InChI is InChI=1S/C8H10N4OS/c1-5(3-9)8(13)10-4-7-6(2)11-12-14-7/h5H,4H2,1-2H3,(H,10,13). The maximum Gasteiger partial charge on any atom is 0.237 e. The highest BCUT2D eigenvalue weighted by molar-refractivity contribution is 7.05. The minimum atomic E-state index is -0.615. The largest absolute Gasteiger partial charge is 0.350 e. The van der Waals surface area contributed by atoms with Gasteiger partial charge in [0.2, 0.25) is 5.91 Å². The van der Waals surface area contributed by atoms with E-state index in [1.165, 1.54) is 11.5 Å². The molecule has 5 nitrogen and oxygen atoms in total. The van der Waals surface area contributed by atoms with E-state index in [1.54, 1.807) is 6.92 Å². The van der Waals surface area contributed by atoms with Gasteiger partial charge < -0.3 is 5.32 Å². The molecule has 1 unspecified atom stereocenters. The first-order valence-corrected chi connectivity index (χ1v) is 4.87. The molecular weight excluding hydrogens is 200 g/mol. The van der Waals surface area contributed by atoms with Crippen molar-refractivity contribution in [2.45, 2.75) is 20.4 Å². The molecule has 0 saturated carbocycles. The number of hydrogen-bond acceptors (Lipinski definition) is 5. The van der Waals surface area contributed by atoms with Crippen LogP contribution in [0, 0.1) is 24.2 Å². The van der Waals surface area contributed by atoms with Crippen molar-refractivity contribution < 1.29 is 4.79 Å². The van der Waals surface area contributed by atoms with E-state index in [4.69, 9.17) is 5.26 Å². The second kappa shape index (κ2) is 4.67. The molecule has 1 atom stereocenters. The molecule has 14 heavy (non-hydrogen) atoms. The Hall–Kier alpha value is -1.48. The highest BCUT2D eigenvalue weighted by Crippen LogP contribution is 2.08. The molecule has 6 heteroatoms. The topological polar surface area (TPSA) is 78.7 Å². The van der Waals surface area contributed by atoms with E-state index in [-0.39, 0.29) is 5.91 Å². The second-order valence-corrected chi connectivity index (χ2v) is 3.69. The Labute approximate surface area is 85.9 Å². The van der Waals surface area contributed by atoms with Crippen molar-refractivity contribution in [3.8, 4) is 6.07 Å². The van der Waals surface area contributed by atoms with E-state index >= 15 is 0 Å². The summed E-state index contributed by atoms with van der Waals surface area (Å²) >= 11 is 1.25. The number of nitrogens with one attached hydrogen (secondary N) is 1. The van der Waals surface area contributed by atoms with Crippen LogP contribution in [0.4, 0.5) is 0 Å². The van der Waals surface area contributed by atoms with Crippen molar-refractivity contribution in [2.24, 2.45) is 5.92 Å². The molecule has 1 rings (SSSR count). The van der Waals surface area contributed by atoms with Gasteiger partial charge in [0, 0.05) is 0 Å². The van der Waals surface area contributed by atoms with Crippen LogP contribution in [-0.2, 0) is 11.3 Å². The monoisotopic (exact) mass is 210 g/mol. The zero-order chi connectivity index (χ0) is 10.6. The molecule has 74 valence electrons. The molecule has 1 heterocycles. The summed E-state index contributed by atoms with van der Waals surface area (Å²) in [5.74, 6) is -0.878. The van der Waals surface area contributed by atoms with Crippen molar-refractivity contribution in [3.05, 3.63) is 10.6 Å². The van der Waals surface area contributed by atoms with E-state index in [9.17, 15) is 4.79 Å². The normalized spacial score (nSPS) is 11.8. The van der Waals surface area contributed by atoms with Gasteiger partial charge in [-0.25, -0.2) is 0 Å². The number of aryl methyl sites for hydroxylation is 1. The van der Waals surface area contributed by atoms with Gasteiger partial charge in [-0.05, 0) is 25.4 Å². The fraction of sp³-hybridized carbons (Fsp3) is 0.500. The summed E-state index contributed by atoms with van der Waals surface area (Å²) in [6, 6.07) is 1.87. The highest BCUT2D eigenvalue weighted by Gasteiger charge is 2.12. The average Bonchev–Trinajstić information content (AvgIpc) is 2.59. The molecule has 1 aromatic rings. The maximum absolute atomic E-state index is 11.2. The van der Waals surface area contributed by atoms with Crippen molar-refractivity contribution >= 4 is 17.4 Å². The second-order valence-electron chi connectivity index (χ2n) is 2.85. The predicted molar refractivity (Wildman–Crippen MR) is 51.3 cm³/mol. The van der Waals surface area contributed by atoms with E-state index < -0.39 is 5.92 Å². The first-order valence-electron chi connectivity index (χ1n) is 4.10. The summed E-state index contributed by atoms with van der Waals surface area (Å²) in [6.07, 6.45) is 0. The number of nitriles is 1. The SMILES string of the molecule is Cc1nnsc1CNC(=O)C(C)C#N. The van der Waals surface area contributed by atoms with Crippen LogP contribution in [0.1, 0.15) is 17.5 Å². The Kier molecular flexibility index (Phi) is 3.54. The van der Waals surface area contributed by atoms with E-state index in [0.29, 0.717) is 6.54 Å². The van der Waals surface area contributed by atoms with Crippen molar-refractivity contribution in [2.75, 3.05) is 0 Å². The fourth-order valence-electron chi connectivity index (χ4n) is 0.792. The van der Waals surface area contributed by atoms with Crippen LogP contribution in [0.15, 0.2) is 0 Å². The molecule has 0 radical (unpaired) electrons. The molecule has 0 aliphatic carbocycles. The Morgan fingerprint density at radius 1 is 1.79 bits per heavy atom. The van der Waals surface area contributed by atoms with Gasteiger partial charge in [-0.1, -0.05) is 4.49 Å². The molecule has 1 aromatic heterocycles. The number of carbonyl (C=O) groups is 1. The molecule has 1 amide bonds. The fourth-order valence-corrected chi connectivity index (χ4v) is 1.36. The Morgan fingerprint density at radius 2 is 2.50 bits per heavy atom. The van der Waals surface area contributed by atoms with Crippen LogP contribution in [0.25, 0.3) is 0 Å². The van der Waals surface area contributed by atoms with Gasteiger partial charge in [0.25, 0.3) is 0 Å². The summed E-state index contributed by atoms with van der Waals surface area (Å²) in [6.45, 7) is 3.79. The number of amides is 1. The van der Waals surface area contributed by atoms with E-state index in [2.05, 4.69) is 14.9 Å². The van der Waals surface area contributed by atoms with Gasteiger partial charge in [0.1, 0.15) is 5.92 Å². The Balaban J connectivity index is 2.46. The molecule has 0 bridgehead atoms. The lowest BCUT2D eigenvalue weighted by atomic mass is 10.2. The van der Waals surface area contributed by atoms with Crippen LogP contribution in [0.5, 0.6) is 0 Å². The van der Waals surface area contributed by atoms with E-state index in [0.717, 1.165) is 10.6 Å². The van der Waals surface area contributed by atoms with Crippen LogP contribution in [0.3, 0.4) is 0 Å². The molecule has 0 saturated heterocycles. The molecule has 0 aliphatic rings. The molecule has 1 N–H and O–H groups in total.